The molecule has 0 radical (unpaired) electrons. The third-order valence-corrected chi connectivity index (χ3v) is 2.72. The summed E-state index contributed by atoms with van der Waals surface area (Å²) in [4.78, 5) is 19.4. The van der Waals surface area contributed by atoms with Crippen LogP contribution in [0.4, 0.5) is 14.5 Å². The summed E-state index contributed by atoms with van der Waals surface area (Å²) in [5, 5.41) is 2.49. The normalized spacial score (nSPS) is 10.5. The first-order chi connectivity index (χ1) is 9.95. The van der Waals surface area contributed by atoms with Gasteiger partial charge in [0.05, 0.1) is 17.4 Å². The van der Waals surface area contributed by atoms with Gasteiger partial charge < -0.3 is 10.1 Å². The number of aromatic nitrogens is 2. The van der Waals surface area contributed by atoms with E-state index in [2.05, 4.69) is 20.0 Å². The number of halogens is 4. The lowest BCUT2D eigenvalue weighted by molar-refractivity contribution is -0.0497. The van der Waals surface area contributed by atoms with Crippen molar-refractivity contribution in [2.45, 2.75) is 6.61 Å². The third-order valence-electron chi connectivity index (χ3n) is 2.24. The zero-order valence-electron chi connectivity index (χ0n) is 10.2. The Hall–Kier alpha value is -1.99. The fourth-order valence-electron chi connectivity index (χ4n) is 1.42. The first-order valence-corrected chi connectivity index (χ1v) is 6.24. The van der Waals surface area contributed by atoms with Gasteiger partial charge in [-0.05, 0) is 18.2 Å². The van der Waals surface area contributed by atoms with E-state index in [0.717, 1.165) is 0 Å². The van der Waals surface area contributed by atoms with Crippen LogP contribution in [0.15, 0.2) is 30.6 Å². The lowest BCUT2D eigenvalue weighted by Gasteiger charge is -2.09. The summed E-state index contributed by atoms with van der Waals surface area (Å²) in [5.41, 5.74) is 0.292. The fourth-order valence-corrected chi connectivity index (χ4v) is 1.79. The zero-order valence-corrected chi connectivity index (χ0v) is 11.7. The molecule has 1 heterocycles. The SMILES string of the molecule is O=C(Nc1ccc(OC(F)F)c(Cl)c1)c1cncc(Cl)n1. The van der Waals surface area contributed by atoms with Crippen molar-refractivity contribution >= 4 is 34.8 Å². The van der Waals surface area contributed by atoms with Crippen molar-refractivity contribution in [2.24, 2.45) is 0 Å². The molecule has 0 aliphatic carbocycles. The molecule has 0 saturated heterocycles. The van der Waals surface area contributed by atoms with Crippen LogP contribution in [0.25, 0.3) is 0 Å². The second-order valence-electron chi connectivity index (χ2n) is 3.70. The van der Waals surface area contributed by atoms with Crippen LogP contribution in [0.3, 0.4) is 0 Å². The number of hydrogen-bond acceptors (Lipinski definition) is 4. The van der Waals surface area contributed by atoms with Gasteiger partial charge in [-0.2, -0.15) is 8.78 Å². The third kappa shape index (κ3) is 4.24. The number of anilines is 1. The van der Waals surface area contributed by atoms with Gasteiger partial charge in [0.1, 0.15) is 16.6 Å². The van der Waals surface area contributed by atoms with E-state index in [9.17, 15) is 13.6 Å². The van der Waals surface area contributed by atoms with Gasteiger partial charge in [0.2, 0.25) is 0 Å². The minimum Gasteiger partial charge on any atom is -0.433 e. The molecule has 5 nitrogen and oxygen atoms in total. The maximum absolute atomic E-state index is 12.1. The maximum atomic E-state index is 12.1. The quantitative estimate of drug-likeness (QED) is 0.927. The molecule has 0 fully saturated rings. The van der Waals surface area contributed by atoms with E-state index >= 15 is 0 Å². The number of amides is 1. The van der Waals surface area contributed by atoms with Gasteiger partial charge in [-0.15, -0.1) is 0 Å². The Bertz CT molecular complexity index is 671. The highest BCUT2D eigenvalue weighted by Gasteiger charge is 2.12. The molecule has 0 spiro atoms. The summed E-state index contributed by atoms with van der Waals surface area (Å²) in [6.45, 7) is -2.98. The summed E-state index contributed by atoms with van der Waals surface area (Å²) in [5.74, 6) is -0.754. The molecular weight excluding hydrogens is 327 g/mol. The molecule has 0 atom stereocenters. The Morgan fingerprint density at radius 2 is 2.05 bits per heavy atom. The lowest BCUT2D eigenvalue weighted by atomic mass is 10.3. The molecule has 1 aromatic carbocycles. The summed E-state index contributed by atoms with van der Waals surface area (Å²) < 4.78 is 28.4. The molecule has 2 aromatic rings. The van der Waals surface area contributed by atoms with Crippen LogP contribution in [0.5, 0.6) is 5.75 Å². The number of alkyl halides is 2. The molecule has 0 unspecified atom stereocenters. The average molecular weight is 334 g/mol. The molecule has 2 rings (SSSR count). The van der Waals surface area contributed by atoms with Crippen LogP contribution in [-0.4, -0.2) is 22.5 Å². The minimum absolute atomic E-state index is 0.00605. The van der Waals surface area contributed by atoms with Crippen molar-refractivity contribution in [3.8, 4) is 5.75 Å². The molecule has 1 amide bonds. The van der Waals surface area contributed by atoms with E-state index in [-0.39, 0.29) is 27.3 Å². The number of benzene rings is 1. The monoisotopic (exact) mass is 333 g/mol. The molecule has 0 bridgehead atoms. The highest BCUT2D eigenvalue weighted by atomic mass is 35.5. The van der Waals surface area contributed by atoms with E-state index in [0.29, 0.717) is 0 Å². The smallest absolute Gasteiger partial charge is 0.387 e. The van der Waals surface area contributed by atoms with Crippen molar-refractivity contribution in [3.05, 3.63) is 46.5 Å². The standard InChI is InChI=1S/C12H7Cl2F2N3O2/c13-7-3-6(1-2-9(7)21-12(15)16)18-11(20)8-4-17-5-10(14)19-8/h1-5,12H,(H,18,20). The van der Waals surface area contributed by atoms with E-state index in [1.807, 2.05) is 0 Å². The van der Waals surface area contributed by atoms with Crippen molar-refractivity contribution < 1.29 is 18.3 Å². The first kappa shape index (κ1) is 15.4. The molecule has 1 aromatic heterocycles. The number of rotatable bonds is 4. The molecule has 0 aliphatic heterocycles. The summed E-state index contributed by atoms with van der Waals surface area (Å²) in [6.07, 6.45) is 2.52. The second-order valence-corrected chi connectivity index (χ2v) is 4.50. The van der Waals surface area contributed by atoms with Crippen LogP contribution < -0.4 is 10.1 Å². The van der Waals surface area contributed by atoms with Crippen LogP contribution in [-0.2, 0) is 0 Å². The van der Waals surface area contributed by atoms with Gasteiger partial charge in [-0.1, -0.05) is 23.2 Å². The predicted octanol–water partition coefficient (Wildman–Crippen LogP) is 3.64. The highest BCUT2D eigenvalue weighted by Crippen LogP contribution is 2.29. The topological polar surface area (TPSA) is 64.1 Å². The number of hydrogen-bond donors (Lipinski definition) is 1. The van der Waals surface area contributed by atoms with Crippen LogP contribution in [0, 0.1) is 0 Å². The van der Waals surface area contributed by atoms with Gasteiger partial charge in [0, 0.05) is 5.69 Å². The Morgan fingerprint density at radius 3 is 2.67 bits per heavy atom. The van der Waals surface area contributed by atoms with Gasteiger partial charge in [0.25, 0.3) is 5.91 Å². The molecule has 0 saturated carbocycles. The fraction of sp³-hybridized carbons (Fsp3) is 0.0833. The van der Waals surface area contributed by atoms with E-state index in [1.165, 1.54) is 30.6 Å². The van der Waals surface area contributed by atoms with Gasteiger partial charge in [-0.3, -0.25) is 9.78 Å². The summed E-state index contributed by atoms with van der Waals surface area (Å²) in [6, 6.07) is 3.85. The van der Waals surface area contributed by atoms with E-state index in [4.69, 9.17) is 23.2 Å². The zero-order chi connectivity index (χ0) is 15.4. The van der Waals surface area contributed by atoms with Gasteiger partial charge in [0.15, 0.2) is 0 Å². The Morgan fingerprint density at radius 1 is 1.29 bits per heavy atom. The molecule has 1 N–H and O–H groups in total. The van der Waals surface area contributed by atoms with E-state index < -0.39 is 12.5 Å². The van der Waals surface area contributed by atoms with E-state index in [1.54, 1.807) is 0 Å². The van der Waals surface area contributed by atoms with Crippen LogP contribution in [0.2, 0.25) is 10.2 Å². The summed E-state index contributed by atoms with van der Waals surface area (Å²) in [7, 11) is 0. The first-order valence-electron chi connectivity index (χ1n) is 5.49. The van der Waals surface area contributed by atoms with Gasteiger partial charge in [-0.25, -0.2) is 4.98 Å². The number of nitrogens with one attached hydrogen (secondary N) is 1. The highest BCUT2D eigenvalue weighted by molar-refractivity contribution is 6.32. The molecule has 110 valence electrons. The Labute approximate surface area is 127 Å². The maximum Gasteiger partial charge on any atom is 0.387 e. The van der Waals surface area contributed by atoms with Crippen molar-refractivity contribution in [3.63, 3.8) is 0 Å². The van der Waals surface area contributed by atoms with Crippen LogP contribution >= 0.6 is 23.2 Å². The Balaban J connectivity index is 2.13. The molecular formula is C12H7Cl2F2N3O2. The number of nitrogens with zero attached hydrogens (tertiary/aromatic N) is 2. The van der Waals surface area contributed by atoms with Crippen molar-refractivity contribution in [1.29, 1.82) is 0 Å². The lowest BCUT2D eigenvalue weighted by Crippen LogP contribution is -2.14. The Kier molecular flexibility index (Phi) is 4.87. The average Bonchev–Trinajstić information content (AvgIpc) is 2.41. The number of ether oxygens (including phenoxy) is 1. The second kappa shape index (κ2) is 6.64. The van der Waals surface area contributed by atoms with Crippen LogP contribution in [0.1, 0.15) is 10.5 Å². The predicted molar refractivity (Wildman–Crippen MR) is 73.1 cm³/mol. The minimum atomic E-state index is -2.98. The summed E-state index contributed by atoms with van der Waals surface area (Å²) >= 11 is 11.4. The number of carbonyl (C=O) groups excluding carboxylic acids is 1. The van der Waals surface area contributed by atoms with Crippen molar-refractivity contribution in [2.75, 3.05) is 5.32 Å². The molecule has 0 aliphatic rings. The van der Waals surface area contributed by atoms with Gasteiger partial charge >= 0.3 is 6.61 Å². The molecule has 21 heavy (non-hydrogen) atoms. The molecule has 9 heteroatoms. The number of carbonyl (C=O) groups is 1. The largest absolute Gasteiger partial charge is 0.433 e. The van der Waals surface area contributed by atoms with Crippen molar-refractivity contribution in [1.82, 2.24) is 9.97 Å².